The molecule has 4 nitrogen and oxygen atoms in total. The van der Waals surface area contributed by atoms with E-state index >= 15 is 0 Å². The predicted octanol–water partition coefficient (Wildman–Crippen LogP) is 2.40. The fraction of sp³-hybridized carbons (Fsp3) is 0.0909. The molecule has 0 aromatic heterocycles. The molecular weight excluding hydrogens is 290 g/mol. The maximum Gasteiger partial charge on any atom is 0.200 e. The van der Waals surface area contributed by atoms with Gasteiger partial charge in [0.05, 0.1) is 7.11 Å². The molecule has 0 spiro atoms. The Morgan fingerprint density at radius 2 is 2.06 bits per heavy atom. The molecule has 3 N–H and O–H groups in total. The topological polar surface area (TPSA) is 61.7 Å². The van der Waals surface area contributed by atoms with E-state index in [1.165, 1.54) is 24.9 Å². The molecule has 7 heteroatoms. The van der Waals surface area contributed by atoms with E-state index in [4.69, 9.17) is 29.2 Å². The number of rotatable bonds is 2. The van der Waals surface area contributed by atoms with Gasteiger partial charge in [-0.3, -0.25) is 0 Å². The quantitative estimate of drug-likeness (QED) is 0.440. The van der Waals surface area contributed by atoms with Gasteiger partial charge in [-0.25, -0.2) is 0 Å². The van der Waals surface area contributed by atoms with Crippen molar-refractivity contribution < 1.29 is 14.9 Å². The van der Waals surface area contributed by atoms with Gasteiger partial charge in [-0.15, -0.1) is 0 Å². The lowest BCUT2D eigenvalue weighted by Gasteiger charge is -2.06. The summed E-state index contributed by atoms with van der Waals surface area (Å²) < 4.78 is 5.56. The lowest BCUT2D eigenvalue weighted by Crippen LogP contribution is -2.15. The fourth-order valence-corrected chi connectivity index (χ4v) is 2.90. The smallest absolute Gasteiger partial charge is 0.200 e. The number of aromatic hydroxyl groups is 2. The van der Waals surface area contributed by atoms with Crippen LogP contribution in [0.3, 0.4) is 0 Å². The summed E-state index contributed by atoms with van der Waals surface area (Å²) in [4.78, 5) is 1.35. The summed E-state index contributed by atoms with van der Waals surface area (Å²) in [5.74, 6) is -0.327. The molecule has 0 bridgehead atoms. The molecule has 0 amide bonds. The summed E-state index contributed by atoms with van der Waals surface area (Å²) in [6.07, 6.45) is 1.76. The maximum absolute atomic E-state index is 9.56. The second-order valence-electron chi connectivity index (χ2n) is 3.44. The van der Waals surface area contributed by atoms with E-state index in [-0.39, 0.29) is 17.2 Å². The highest BCUT2D eigenvalue weighted by atomic mass is 32.2. The average molecular weight is 299 g/mol. The van der Waals surface area contributed by atoms with Gasteiger partial charge in [-0.1, -0.05) is 36.2 Å². The lowest BCUT2D eigenvalue weighted by molar-refractivity contribution is 0.351. The van der Waals surface area contributed by atoms with Crippen LogP contribution in [-0.4, -0.2) is 26.6 Å². The Morgan fingerprint density at radius 3 is 2.61 bits per heavy atom. The molecule has 18 heavy (non-hydrogen) atoms. The van der Waals surface area contributed by atoms with Gasteiger partial charge in [0.2, 0.25) is 5.75 Å². The normalized spacial score (nSPS) is 17.1. The van der Waals surface area contributed by atoms with Crippen molar-refractivity contribution >= 4 is 51.6 Å². The number of hydrogen-bond acceptors (Lipinski definition) is 6. The fourth-order valence-electron chi connectivity index (χ4n) is 1.43. The number of phenolic OH excluding ortho intramolecular Hbond substituents is 2. The van der Waals surface area contributed by atoms with Gasteiger partial charge in [0.25, 0.3) is 0 Å². The molecule has 0 atom stereocenters. The van der Waals surface area contributed by atoms with E-state index < -0.39 is 0 Å². The molecule has 1 saturated heterocycles. The average Bonchev–Trinajstić information content (AvgIpc) is 2.62. The van der Waals surface area contributed by atoms with E-state index in [1.54, 1.807) is 12.1 Å². The zero-order valence-corrected chi connectivity index (χ0v) is 11.7. The van der Waals surface area contributed by atoms with Crippen LogP contribution < -0.4 is 10.1 Å². The van der Waals surface area contributed by atoms with Crippen LogP contribution >= 0.6 is 36.2 Å². The third-order valence-corrected chi connectivity index (χ3v) is 3.87. The van der Waals surface area contributed by atoms with Crippen LogP contribution in [0.25, 0.3) is 6.08 Å². The highest BCUT2D eigenvalue weighted by Crippen LogP contribution is 2.37. The molecule has 1 aromatic rings. The standard InChI is InChI=1S/C11H9NO3S3/c1-15-7-3-5(2-6(13)9(7)14)4-8-10(16)12-11(17)18-8/h2-4,13-14H,1H3,(H,12,16,17). The van der Waals surface area contributed by atoms with E-state index in [0.717, 1.165) is 4.91 Å². The van der Waals surface area contributed by atoms with E-state index in [2.05, 4.69) is 5.32 Å². The number of methoxy groups -OCH3 is 1. The number of phenols is 2. The number of benzene rings is 1. The lowest BCUT2D eigenvalue weighted by atomic mass is 10.1. The second kappa shape index (κ2) is 5.13. The maximum atomic E-state index is 9.56. The molecule has 1 aliphatic heterocycles. The molecule has 1 heterocycles. The van der Waals surface area contributed by atoms with Gasteiger partial charge >= 0.3 is 0 Å². The minimum atomic E-state index is -0.282. The summed E-state index contributed by atoms with van der Waals surface area (Å²) in [6.45, 7) is 0. The molecule has 0 saturated carbocycles. The molecule has 2 rings (SSSR count). The number of thioether (sulfide) groups is 1. The van der Waals surface area contributed by atoms with Crippen molar-refractivity contribution in [3.8, 4) is 17.2 Å². The SMILES string of the molecule is COc1cc(C=C2SC(=S)NC2=S)cc(O)c1O. The molecule has 0 aliphatic carbocycles. The Kier molecular flexibility index (Phi) is 3.74. The first-order valence-corrected chi connectivity index (χ1v) is 6.49. The number of thiocarbonyl (C=S) groups is 2. The highest BCUT2D eigenvalue weighted by Gasteiger charge is 2.19. The molecular formula is C11H9NO3S3. The van der Waals surface area contributed by atoms with Gasteiger partial charge < -0.3 is 20.3 Å². The Bertz CT molecular complexity index is 569. The molecule has 0 radical (unpaired) electrons. The van der Waals surface area contributed by atoms with Gasteiger partial charge in [-0.05, 0) is 23.8 Å². The Balaban J connectivity index is 2.41. The molecule has 0 unspecified atom stereocenters. The molecule has 94 valence electrons. The summed E-state index contributed by atoms with van der Waals surface area (Å²) in [5, 5.41) is 21.9. The van der Waals surface area contributed by atoms with Gasteiger partial charge in [-0.2, -0.15) is 0 Å². The van der Waals surface area contributed by atoms with Crippen LogP contribution in [0.4, 0.5) is 0 Å². The first kappa shape index (κ1) is 13.1. The van der Waals surface area contributed by atoms with Crippen LogP contribution in [0.1, 0.15) is 5.56 Å². The summed E-state index contributed by atoms with van der Waals surface area (Å²) >= 11 is 11.4. The van der Waals surface area contributed by atoms with Crippen LogP contribution in [0.2, 0.25) is 0 Å². The summed E-state index contributed by atoms with van der Waals surface area (Å²) in [6, 6.07) is 3.03. The zero-order valence-electron chi connectivity index (χ0n) is 9.26. The first-order chi connectivity index (χ1) is 8.51. The van der Waals surface area contributed by atoms with Crippen LogP contribution in [0, 0.1) is 0 Å². The van der Waals surface area contributed by atoms with E-state index in [1.807, 2.05) is 0 Å². The van der Waals surface area contributed by atoms with Gasteiger partial charge in [0, 0.05) is 4.91 Å². The van der Waals surface area contributed by atoms with Gasteiger partial charge in [0.1, 0.15) is 9.31 Å². The minimum Gasteiger partial charge on any atom is -0.504 e. The van der Waals surface area contributed by atoms with Crippen molar-refractivity contribution in [2.24, 2.45) is 0 Å². The first-order valence-electron chi connectivity index (χ1n) is 4.86. The summed E-state index contributed by atoms with van der Waals surface area (Å²) in [5.41, 5.74) is 0.665. The Morgan fingerprint density at radius 1 is 1.33 bits per heavy atom. The number of nitrogens with one attached hydrogen (secondary N) is 1. The van der Waals surface area contributed by atoms with Crippen molar-refractivity contribution in [3.05, 3.63) is 22.6 Å². The minimum absolute atomic E-state index is 0.200. The van der Waals surface area contributed by atoms with Crippen molar-refractivity contribution in [1.82, 2.24) is 5.32 Å². The number of hydrogen-bond donors (Lipinski definition) is 3. The zero-order chi connectivity index (χ0) is 13.3. The van der Waals surface area contributed by atoms with Crippen LogP contribution in [0.15, 0.2) is 17.0 Å². The van der Waals surface area contributed by atoms with Crippen molar-refractivity contribution in [2.45, 2.75) is 0 Å². The predicted molar refractivity (Wildman–Crippen MR) is 80.2 cm³/mol. The second-order valence-corrected chi connectivity index (χ2v) is 5.57. The van der Waals surface area contributed by atoms with E-state index in [9.17, 15) is 10.2 Å². The van der Waals surface area contributed by atoms with Crippen molar-refractivity contribution in [2.75, 3.05) is 7.11 Å². The third-order valence-electron chi connectivity index (χ3n) is 2.24. The van der Waals surface area contributed by atoms with Crippen LogP contribution in [0.5, 0.6) is 17.2 Å². The van der Waals surface area contributed by atoms with Crippen LogP contribution in [-0.2, 0) is 0 Å². The molecule has 1 aliphatic rings. The monoisotopic (exact) mass is 299 g/mol. The van der Waals surface area contributed by atoms with Crippen molar-refractivity contribution in [3.63, 3.8) is 0 Å². The highest BCUT2D eigenvalue weighted by molar-refractivity contribution is 8.27. The number of ether oxygens (including phenoxy) is 1. The Hall–Kier alpha value is -1.31. The van der Waals surface area contributed by atoms with Crippen molar-refractivity contribution in [1.29, 1.82) is 0 Å². The summed E-state index contributed by atoms with van der Waals surface area (Å²) in [7, 11) is 1.41. The molecule has 1 aromatic carbocycles. The largest absolute Gasteiger partial charge is 0.504 e. The van der Waals surface area contributed by atoms with E-state index in [0.29, 0.717) is 14.9 Å². The Labute approximate surface area is 119 Å². The molecule has 1 fully saturated rings. The van der Waals surface area contributed by atoms with Gasteiger partial charge in [0.15, 0.2) is 11.5 Å². The third kappa shape index (κ3) is 2.58.